The van der Waals surface area contributed by atoms with Crippen LogP contribution in [-0.2, 0) is 0 Å². The van der Waals surface area contributed by atoms with Crippen LogP contribution in [0.3, 0.4) is 0 Å². The van der Waals surface area contributed by atoms with Crippen LogP contribution in [-0.4, -0.2) is 19.1 Å². The molecule has 0 atom stereocenters. The minimum absolute atomic E-state index is 0.394. The van der Waals surface area contributed by atoms with Crippen molar-refractivity contribution in [2.45, 2.75) is 57.4 Å². The molecular formula is C11H27N3. The zero-order valence-corrected chi connectivity index (χ0v) is 9.38. The summed E-state index contributed by atoms with van der Waals surface area (Å²) in [7, 11) is 0. The molecule has 6 N–H and O–H groups in total. The summed E-state index contributed by atoms with van der Waals surface area (Å²) in [5.41, 5.74) is 16.8. The van der Waals surface area contributed by atoms with Gasteiger partial charge in [-0.3, -0.25) is 0 Å². The molecule has 0 saturated heterocycles. The largest absolute Gasteiger partial charge is 0.330 e. The Morgan fingerprint density at radius 1 is 0.643 bits per heavy atom. The van der Waals surface area contributed by atoms with E-state index in [1.54, 1.807) is 0 Å². The zero-order chi connectivity index (χ0) is 10.6. The lowest BCUT2D eigenvalue weighted by molar-refractivity contribution is 0.497. The Kier molecular flexibility index (Phi) is 10.9. The van der Waals surface area contributed by atoms with E-state index in [0.717, 1.165) is 38.8 Å². The lowest BCUT2D eigenvalue weighted by Gasteiger charge is -2.10. The molecule has 0 aromatic rings. The Hall–Kier alpha value is -0.120. The van der Waals surface area contributed by atoms with E-state index in [-0.39, 0.29) is 0 Å². The molecule has 0 amide bonds. The molecule has 0 aromatic carbocycles. The molecule has 3 nitrogen and oxygen atoms in total. The maximum absolute atomic E-state index is 5.98. The summed E-state index contributed by atoms with van der Waals surface area (Å²) < 4.78 is 0. The average molecular weight is 201 g/mol. The highest BCUT2D eigenvalue weighted by atomic mass is 14.6. The van der Waals surface area contributed by atoms with Crippen LogP contribution < -0.4 is 17.2 Å². The van der Waals surface area contributed by atoms with Crippen molar-refractivity contribution in [3.05, 3.63) is 0 Å². The van der Waals surface area contributed by atoms with Crippen LogP contribution in [0, 0.1) is 0 Å². The molecule has 0 radical (unpaired) electrons. The van der Waals surface area contributed by atoms with Gasteiger partial charge in [-0.15, -0.1) is 0 Å². The first-order valence-corrected chi connectivity index (χ1v) is 5.97. The zero-order valence-electron chi connectivity index (χ0n) is 9.38. The number of rotatable bonds is 10. The minimum atomic E-state index is 0.394. The summed E-state index contributed by atoms with van der Waals surface area (Å²) in [4.78, 5) is 0. The molecule has 0 fully saturated rings. The molecule has 0 aromatic heterocycles. The molecule has 86 valence electrons. The van der Waals surface area contributed by atoms with E-state index in [2.05, 4.69) is 0 Å². The normalized spacial score (nSPS) is 11.1. The number of hydrogen-bond acceptors (Lipinski definition) is 3. The van der Waals surface area contributed by atoms with Crippen LogP contribution in [0.5, 0.6) is 0 Å². The summed E-state index contributed by atoms with van der Waals surface area (Å²) in [6.45, 7) is 1.62. The first-order chi connectivity index (χ1) is 6.81. The fraction of sp³-hybridized carbons (Fsp3) is 1.00. The summed E-state index contributed by atoms with van der Waals surface area (Å²) in [6.07, 6.45) is 9.51. The van der Waals surface area contributed by atoms with Gasteiger partial charge in [0.2, 0.25) is 0 Å². The molecule has 0 unspecified atom stereocenters. The molecule has 0 aliphatic heterocycles. The summed E-state index contributed by atoms with van der Waals surface area (Å²) in [5, 5.41) is 0. The van der Waals surface area contributed by atoms with Crippen molar-refractivity contribution < 1.29 is 0 Å². The van der Waals surface area contributed by atoms with Crippen molar-refractivity contribution in [1.82, 2.24) is 0 Å². The molecule has 0 bridgehead atoms. The predicted octanol–water partition coefficient (Wildman–Crippen LogP) is 1.35. The van der Waals surface area contributed by atoms with E-state index < -0.39 is 0 Å². The van der Waals surface area contributed by atoms with E-state index in [1.807, 2.05) is 0 Å². The van der Waals surface area contributed by atoms with E-state index in [0.29, 0.717) is 6.04 Å². The van der Waals surface area contributed by atoms with Crippen LogP contribution in [0.15, 0.2) is 0 Å². The second kappa shape index (κ2) is 11.0. The van der Waals surface area contributed by atoms with E-state index in [9.17, 15) is 0 Å². The Morgan fingerprint density at radius 2 is 1.07 bits per heavy atom. The molecule has 0 heterocycles. The minimum Gasteiger partial charge on any atom is -0.330 e. The van der Waals surface area contributed by atoms with Gasteiger partial charge in [-0.2, -0.15) is 0 Å². The number of hydrogen-bond donors (Lipinski definition) is 3. The van der Waals surface area contributed by atoms with Gasteiger partial charge in [-0.1, -0.05) is 25.7 Å². The maximum atomic E-state index is 5.98. The average Bonchev–Trinajstić information content (AvgIpc) is 2.19. The fourth-order valence-corrected chi connectivity index (χ4v) is 1.60. The number of nitrogens with two attached hydrogens (primary N) is 3. The van der Waals surface area contributed by atoms with Crippen molar-refractivity contribution in [2.24, 2.45) is 17.2 Å². The molecule has 0 saturated carbocycles. The van der Waals surface area contributed by atoms with Crippen molar-refractivity contribution in [3.8, 4) is 0 Å². The maximum Gasteiger partial charge on any atom is 0.00388 e. The van der Waals surface area contributed by atoms with Crippen molar-refractivity contribution >= 4 is 0 Å². The highest BCUT2D eigenvalue weighted by Crippen LogP contribution is 2.08. The molecule has 3 heteroatoms. The van der Waals surface area contributed by atoms with Crippen molar-refractivity contribution in [2.75, 3.05) is 13.1 Å². The van der Waals surface area contributed by atoms with Gasteiger partial charge in [0.25, 0.3) is 0 Å². The molecular weight excluding hydrogens is 174 g/mol. The quantitative estimate of drug-likeness (QED) is 0.467. The van der Waals surface area contributed by atoms with Crippen LogP contribution >= 0.6 is 0 Å². The van der Waals surface area contributed by atoms with Gasteiger partial charge >= 0.3 is 0 Å². The Balaban J connectivity index is 3.07. The molecule has 0 aliphatic carbocycles. The third-order valence-electron chi connectivity index (χ3n) is 2.56. The second-order valence-corrected chi connectivity index (χ2v) is 4.04. The van der Waals surface area contributed by atoms with Gasteiger partial charge in [0.05, 0.1) is 0 Å². The lowest BCUT2D eigenvalue weighted by Crippen LogP contribution is -2.19. The van der Waals surface area contributed by atoms with Crippen LogP contribution in [0.4, 0.5) is 0 Å². The topological polar surface area (TPSA) is 78.1 Å². The Labute approximate surface area is 88.4 Å². The fourth-order valence-electron chi connectivity index (χ4n) is 1.60. The number of unbranched alkanes of at least 4 members (excludes halogenated alkanes) is 4. The van der Waals surface area contributed by atoms with Crippen molar-refractivity contribution in [3.63, 3.8) is 0 Å². The van der Waals surface area contributed by atoms with E-state index in [1.165, 1.54) is 25.7 Å². The second-order valence-electron chi connectivity index (χ2n) is 4.04. The van der Waals surface area contributed by atoms with Crippen LogP contribution in [0.1, 0.15) is 51.4 Å². The molecule has 0 rings (SSSR count). The van der Waals surface area contributed by atoms with Gasteiger partial charge in [0.15, 0.2) is 0 Å². The monoisotopic (exact) mass is 201 g/mol. The predicted molar refractivity (Wildman–Crippen MR) is 63.0 cm³/mol. The van der Waals surface area contributed by atoms with Gasteiger partial charge in [0, 0.05) is 6.04 Å². The summed E-state index contributed by atoms with van der Waals surface area (Å²) >= 11 is 0. The van der Waals surface area contributed by atoms with Gasteiger partial charge in [-0.25, -0.2) is 0 Å². The van der Waals surface area contributed by atoms with Crippen LogP contribution in [0.2, 0.25) is 0 Å². The van der Waals surface area contributed by atoms with Gasteiger partial charge in [0.1, 0.15) is 0 Å². The standard InChI is InChI=1S/C11H27N3/c12-9-5-1-3-7-11(14)8-4-2-6-10-13/h11H,1-10,12-14H2. The SMILES string of the molecule is NCCCCCC(N)CCCCCN. The Morgan fingerprint density at radius 3 is 1.43 bits per heavy atom. The smallest absolute Gasteiger partial charge is 0.00388 e. The third kappa shape index (κ3) is 9.96. The van der Waals surface area contributed by atoms with Crippen molar-refractivity contribution in [1.29, 1.82) is 0 Å². The van der Waals surface area contributed by atoms with Crippen LogP contribution in [0.25, 0.3) is 0 Å². The molecule has 0 aliphatic rings. The molecule has 0 spiro atoms. The lowest BCUT2D eigenvalue weighted by atomic mass is 10.0. The Bertz CT molecular complexity index is 94.7. The first kappa shape index (κ1) is 13.9. The highest BCUT2D eigenvalue weighted by molar-refractivity contribution is 4.61. The third-order valence-corrected chi connectivity index (χ3v) is 2.56. The van der Waals surface area contributed by atoms with Gasteiger partial charge in [-0.05, 0) is 38.8 Å². The summed E-state index contributed by atoms with van der Waals surface area (Å²) in [5.74, 6) is 0. The highest BCUT2D eigenvalue weighted by Gasteiger charge is 2.01. The van der Waals surface area contributed by atoms with E-state index in [4.69, 9.17) is 17.2 Å². The first-order valence-electron chi connectivity index (χ1n) is 5.97. The van der Waals surface area contributed by atoms with E-state index >= 15 is 0 Å². The summed E-state index contributed by atoms with van der Waals surface area (Å²) in [6, 6.07) is 0.394. The van der Waals surface area contributed by atoms with Gasteiger partial charge < -0.3 is 17.2 Å². The molecule has 14 heavy (non-hydrogen) atoms.